The first-order valence-electron chi connectivity index (χ1n) is 9.15. The predicted octanol–water partition coefficient (Wildman–Crippen LogP) is 4.39. The van der Waals surface area contributed by atoms with Gasteiger partial charge in [0.15, 0.2) is 0 Å². The van der Waals surface area contributed by atoms with Crippen molar-refractivity contribution in [3.63, 3.8) is 0 Å². The molecule has 4 rings (SSSR count). The van der Waals surface area contributed by atoms with Gasteiger partial charge < -0.3 is 10.2 Å². The molecule has 0 spiro atoms. The van der Waals surface area contributed by atoms with E-state index in [1.165, 1.54) is 49.7 Å². The number of aliphatic hydroxyl groups excluding tert-OH is 1. The lowest BCUT2D eigenvalue weighted by atomic mass is 9.53. The summed E-state index contributed by atoms with van der Waals surface area (Å²) >= 11 is 0. The lowest BCUT2D eigenvalue weighted by Gasteiger charge is -2.51. The number of hydrogen-bond donors (Lipinski definition) is 2. The Labute approximate surface area is 133 Å². The number of aryl methyl sites for hydroxylation is 1. The third-order valence-corrected chi connectivity index (χ3v) is 7.10. The average molecular weight is 300 g/mol. The lowest BCUT2D eigenvalue weighted by Crippen LogP contribution is -2.45. The van der Waals surface area contributed by atoms with Crippen LogP contribution in [0.5, 0.6) is 5.75 Å². The lowest BCUT2D eigenvalue weighted by molar-refractivity contribution is -0.0432. The van der Waals surface area contributed by atoms with Crippen LogP contribution in [-0.4, -0.2) is 16.3 Å². The molecule has 0 radical (unpaired) electrons. The average Bonchev–Trinajstić information content (AvgIpc) is 2.84. The van der Waals surface area contributed by atoms with Gasteiger partial charge in [0, 0.05) is 0 Å². The summed E-state index contributed by atoms with van der Waals surface area (Å²) in [6.45, 7) is 2.27. The van der Waals surface area contributed by atoms with E-state index in [1.807, 2.05) is 12.1 Å². The Kier molecular flexibility index (Phi) is 3.48. The second kappa shape index (κ2) is 5.26. The van der Waals surface area contributed by atoms with Gasteiger partial charge in [-0.2, -0.15) is 0 Å². The third kappa shape index (κ3) is 1.96. The van der Waals surface area contributed by atoms with Crippen LogP contribution in [0.15, 0.2) is 18.2 Å². The molecule has 0 aliphatic heterocycles. The normalized spacial score (nSPS) is 39.9. The van der Waals surface area contributed by atoms with Crippen LogP contribution >= 0.6 is 0 Å². The van der Waals surface area contributed by atoms with Crippen LogP contribution < -0.4 is 0 Å². The first kappa shape index (κ1) is 14.6. The first-order chi connectivity index (χ1) is 10.7. The molecule has 3 aliphatic rings. The van der Waals surface area contributed by atoms with E-state index >= 15 is 0 Å². The van der Waals surface area contributed by atoms with E-state index < -0.39 is 0 Å². The summed E-state index contributed by atoms with van der Waals surface area (Å²) in [4.78, 5) is 0. The fourth-order valence-corrected chi connectivity index (χ4v) is 6.29. The molecule has 0 saturated heterocycles. The molecule has 2 heteroatoms. The van der Waals surface area contributed by atoms with E-state index in [-0.39, 0.29) is 11.5 Å². The molecular weight excluding hydrogens is 272 g/mol. The second-order valence-corrected chi connectivity index (χ2v) is 7.91. The van der Waals surface area contributed by atoms with E-state index in [1.54, 1.807) is 0 Å². The van der Waals surface area contributed by atoms with Crippen LogP contribution in [0.25, 0.3) is 0 Å². The molecule has 5 atom stereocenters. The summed E-state index contributed by atoms with van der Waals surface area (Å²) in [5.74, 6) is 2.52. The molecule has 3 aliphatic carbocycles. The van der Waals surface area contributed by atoms with Crippen molar-refractivity contribution in [2.45, 2.75) is 70.3 Å². The summed E-state index contributed by atoms with van der Waals surface area (Å²) in [6, 6.07) is 6.00. The van der Waals surface area contributed by atoms with Gasteiger partial charge in [-0.25, -0.2) is 0 Å². The Hall–Kier alpha value is -1.02. The highest BCUT2D eigenvalue weighted by Gasteiger charge is 2.56. The van der Waals surface area contributed by atoms with E-state index in [0.29, 0.717) is 17.6 Å². The number of benzene rings is 1. The van der Waals surface area contributed by atoms with Crippen molar-refractivity contribution in [2.75, 3.05) is 0 Å². The number of phenols is 1. The van der Waals surface area contributed by atoms with Crippen LogP contribution in [0, 0.1) is 17.3 Å². The number of fused-ring (bicyclic) bond motifs is 5. The Morgan fingerprint density at radius 3 is 2.86 bits per heavy atom. The highest BCUT2D eigenvalue weighted by Crippen LogP contribution is 2.62. The highest BCUT2D eigenvalue weighted by molar-refractivity contribution is 5.40. The van der Waals surface area contributed by atoms with Crippen molar-refractivity contribution in [3.8, 4) is 5.75 Å². The zero-order valence-corrected chi connectivity index (χ0v) is 13.6. The second-order valence-electron chi connectivity index (χ2n) is 7.91. The van der Waals surface area contributed by atoms with Crippen LogP contribution in [0.4, 0.5) is 0 Å². The number of phenolic OH excluding ortho intramolecular Hbond substituents is 1. The number of aliphatic hydroxyl groups is 1. The predicted molar refractivity (Wildman–Crippen MR) is 88.0 cm³/mol. The fourth-order valence-electron chi connectivity index (χ4n) is 6.29. The van der Waals surface area contributed by atoms with Crippen LogP contribution in [0.3, 0.4) is 0 Å². The molecule has 1 aromatic rings. The molecule has 0 unspecified atom stereocenters. The highest BCUT2D eigenvalue weighted by atomic mass is 16.3. The first-order valence-corrected chi connectivity index (χ1v) is 9.15. The zero-order valence-electron chi connectivity index (χ0n) is 13.6. The van der Waals surface area contributed by atoms with E-state index in [4.69, 9.17) is 0 Å². The summed E-state index contributed by atoms with van der Waals surface area (Å²) < 4.78 is 0. The monoisotopic (exact) mass is 300 g/mol. The van der Waals surface area contributed by atoms with Gasteiger partial charge in [0.25, 0.3) is 0 Å². The number of rotatable bonds is 2. The topological polar surface area (TPSA) is 40.5 Å². The minimum Gasteiger partial charge on any atom is -0.508 e. The quantitative estimate of drug-likeness (QED) is 0.850. The molecule has 120 valence electrons. The molecule has 0 bridgehead atoms. The minimum absolute atomic E-state index is 0.0698. The van der Waals surface area contributed by atoms with E-state index in [2.05, 4.69) is 13.0 Å². The van der Waals surface area contributed by atoms with Gasteiger partial charge in [0.1, 0.15) is 5.75 Å². The molecule has 22 heavy (non-hydrogen) atoms. The molecule has 2 N–H and O–H groups in total. The summed E-state index contributed by atoms with van der Waals surface area (Å²) in [5.41, 5.74) is 3.06. The smallest absolute Gasteiger partial charge is 0.115 e. The molecular formula is C20H28O2. The molecule has 2 nitrogen and oxygen atoms in total. The van der Waals surface area contributed by atoms with Gasteiger partial charge in [-0.15, -0.1) is 0 Å². The SMILES string of the molecule is CCC[C@]12CC[C@@H]3c4ccc(O)cc4CC[C@H]3[C@@H]1CC[C@H]2O. The van der Waals surface area contributed by atoms with Gasteiger partial charge in [-0.1, -0.05) is 19.4 Å². The van der Waals surface area contributed by atoms with Crippen molar-refractivity contribution in [2.24, 2.45) is 17.3 Å². The standard InChI is InChI=1S/C20H28O2/c1-2-10-20-11-9-16-15-6-4-14(21)12-13(15)3-5-17(16)18(20)7-8-19(20)22/h4,6,12,16-19,21-22H,2-3,5,7-11H2,1H3/t16-,17-,18+,19-,20+/m1/s1. The molecule has 1 aromatic carbocycles. The third-order valence-electron chi connectivity index (χ3n) is 7.10. The van der Waals surface area contributed by atoms with Crippen molar-refractivity contribution in [3.05, 3.63) is 29.3 Å². The summed E-state index contributed by atoms with van der Waals surface area (Å²) in [7, 11) is 0. The fraction of sp³-hybridized carbons (Fsp3) is 0.700. The van der Waals surface area contributed by atoms with Crippen molar-refractivity contribution < 1.29 is 10.2 Å². The Morgan fingerprint density at radius 2 is 2.05 bits per heavy atom. The van der Waals surface area contributed by atoms with Gasteiger partial charge in [-0.3, -0.25) is 0 Å². The van der Waals surface area contributed by atoms with Gasteiger partial charge >= 0.3 is 0 Å². The van der Waals surface area contributed by atoms with Gasteiger partial charge in [0.2, 0.25) is 0 Å². The maximum absolute atomic E-state index is 10.7. The molecule has 2 fully saturated rings. The van der Waals surface area contributed by atoms with Crippen molar-refractivity contribution in [1.82, 2.24) is 0 Å². The Morgan fingerprint density at radius 1 is 1.18 bits per heavy atom. The van der Waals surface area contributed by atoms with E-state index in [9.17, 15) is 10.2 Å². The van der Waals surface area contributed by atoms with Crippen LogP contribution in [0.1, 0.15) is 68.9 Å². The Balaban J connectivity index is 1.69. The van der Waals surface area contributed by atoms with Crippen molar-refractivity contribution >= 4 is 0 Å². The van der Waals surface area contributed by atoms with Crippen LogP contribution in [-0.2, 0) is 6.42 Å². The largest absolute Gasteiger partial charge is 0.508 e. The van der Waals surface area contributed by atoms with E-state index in [0.717, 1.165) is 18.8 Å². The Bertz CT molecular complexity index is 567. The molecule has 0 aromatic heterocycles. The number of hydrogen-bond acceptors (Lipinski definition) is 2. The summed E-state index contributed by atoms with van der Waals surface area (Å²) in [5, 5.41) is 20.4. The maximum atomic E-state index is 10.7. The molecule has 0 amide bonds. The van der Waals surface area contributed by atoms with Gasteiger partial charge in [-0.05, 0) is 91.4 Å². The van der Waals surface area contributed by atoms with Crippen LogP contribution in [0.2, 0.25) is 0 Å². The number of aromatic hydroxyl groups is 1. The summed E-state index contributed by atoms with van der Waals surface area (Å²) in [6.07, 6.45) is 9.29. The minimum atomic E-state index is -0.0698. The zero-order chi connectivity index (χ0) is 15.3. The molecule has 0 heterocycles. The van der Waals surface area contributed by atoms with Crippen molar-refractivity contribution in [1.29, 1.82) is 0 Å². The van der Waals surface area contributed by atoms with Gasteiger partial charge in [0.05, 0.1) is 6.10 Å². The molecule has 2 saturated carbocycles. The maximum Gasteiger partial charge on any atom is 0.115 e.